The Morgan fingerprint density at radius 3 is 2.70 bits per heavy atom. The molecule has 0 amide bonds. The Labute approximate surface area is 139 Å². The fourth-order valence-electron chi connectivity index (χ4n) is 1.72. The van der Waals surface area contributed by atoms with Crippen molar-refractivity contribution in [2.45, 2.75) is 6.61 Å². The van der Waals surface area contributed by atoms with Gasteiger partial charge in [0.2, 0.25) is 0 Å². The number of hydrogen-bond donors (Lipinski definition) is 1. The summed E-state index contributed by atoms with van der Waals surface area (Å²) in [6.07, 6.45) is 0. The van der Waals surface area contributed by atoms with Gasteiger partial charge in [0.1, 0.15) is 11.6 Å². The van der Waals surface area contributed by atoms with Crippen molar-refractivity contribution in [3.63, 3.8) is 0 Å². The molecule has 0 radical (unpaired) electrons. The molecule has 0 saturated carbocycles. The summed E-state index contributed by atoms with van der Waals surface area (Å²) < 4.78 is 12.2. The molecule has 106 valence electrons. The van der Waals surface area contributed by atoms with Crippen molar-refractivity contribution in [2.24, 2.45) is 0 Å². The van der Waals surface area contributed by atoms with Crippen LogP contribution in [0.15, 0.2) is 22.7 Å². The molecule has 0 bridgehead atoms. The minimum absolute atomic E-state index is 0.383. The maximum absolute atomic E-state index is 5.95. The molecule has 0 fully saturated rings. The lowest BCUT2D eigenvalue weighted by Gasteiger charge is -2.11. The van der Waals surface area contributed by atoms with Crippen molar-refractivity contribution in [1.29, 1.82) is 0 Å². The van der Waals surface area contributed by atoms with Crippen LogP contribution in [-0.4, -0.2) is 24.2 Å². The molecule has 2 N–H and O–H groups in total. The number of benzene rings is 1. The van der Waals surface area contributed by atoms with E-state index in [1.54, 1.807) is 14.2 Å². The number of nitrogen functional groups attached to an aromatic ring is 1. The van der Waals surface area contributed by atoms with Crippen molar-refractivity contribution in [3.05, 3.63) is 31.9 Å². The average molecular weight is 450 g/mol. The van der Waals surface area contributed by atoms with E-state index >= 15 is 0 Å². The lowest BCUT2D eigenvalue weighted by molar-refractivity contribution is 0.181. The standard InChI is InChI=1S/C13H13BrIN3O2/c1-19-6-9-11(15)12(16)18-13(17-9)8-5-7(14)3-4-10(8)20-2/h3-5H,6H2,1-2H3,(H2,16,17,18). The van der Waals surface area contributed by atoms with Gasteiger partial charge in [-0.25, -0.2) is 9.97 Å². The van der Waals surface area contributed by atoms with Gasteiger partial charge in [-0.15, -0.1) is 0 Å². The van der Waals surface area contributed by atoms with Crippen LogP contribution < -0.4 is 10.5 Å². The minimum atomic E-state index is 0.383. The molecule has 2 rings (SSSR count). The number of halogens is 2. The lowest BCUT2D eigenvalue weighted by atomic mass is 10.2. The van der Waals surface area contributed by atoms with E-state index in [0.717, 1.165) is 19.3 Å². The molecule has 1 heterocycles. The highest BCUT2D eigenvalue weighted by Crippen LogP contribution is 2.32. The van der Waals surface area contributed by atoms with Crippen molar-refractivity contribution < 1.29 is 9.47 Å². The molecule has 5 nitrogen and oxygen atoms in total. The van der Waals surface area contributed by atoms with Crippen molar-refractivity contribution in [2.75, 3.05) is 20.0 Å². The average Bonchev–Trinajstić information content (AvgIpc) is 2.43. The number of methoxy groups -OCH3 is 2. The summed E-state index contributed by atoms with van der Waals surface area (Å²) in [4.78, 5) is 8.86. The fourth-order valence-corrected chi connectivity index (χ4v) is 2.48. The molecule has 2 aromatic rings. The Kier molecular flexibility index (Phi) is 5.17. The second-order valence-corrected chi connectivity index (χ2v) is 5.97. The molecule has 0 saturated heterocycles. The molecule has 7 heteroatoms. The monoisotopic (exact) mass is 449 g/mol. The molecule has 1 aromatic carbocycles. The highest BCUT2D eigenvalue weighted by Gasteiger charge is 2.15. The van der Waals surface area contributed by atoms with E-state index in [0.29, 0.717) is 24.0 Å². The summed E-state index contributed by atoms with van der Waals surface area (Å²) in [5.74, 6) is 1.65. The number of ether oxygens (including phenoxy) is 2. The topological polar surface area (TPSA) is 70.3 Å². The molecular weight excluding hydrogens is 437 g/mol. The number of rotatable bonds is 4. The quantitative estimate of drug-likeness (QED) is 0.725. The third kappa shape index (κ3) is 3.21. The van der Waals surface area contributed by atoms with Gasteiger partial charge in [0.25, 0.3) is 0 Å². The van der Waals surface area contributed by atoms with Crippen LogP contribution in [0.4, 0.5) is 5.82 Å². The first kappa shape index (κ1) is 15.5. The molecule has 0 unspecified atom stereocenters. The SMILES string of the molecule is COCc1nc(-c2cc(Br)ccc2OC)nc(N)c1I. The number of nitrogens with two attached hydrogens (primary N) is 1. The van der Waals surface area contributed by atoms with E-state index in [1.165, 1.54) is 0 Å². The molecule has 0 spiro atoms. The Morgan fingerprint density at radius 1 is 1.30 bits per heavy atom. The van der Waals surface area contributed by atoms with Gasteiger partial charge < -0.3 is 15.2 Å². The van der Waals surface area contributed by atoms with Crippen LogP contribution in [0.5, 0.6) is 5.75 Å². The van der Waals surface area contributed by atoms with E-state index < -0.39 is 0 Å². The Morgan fingerprint density at radius 2 is 2.05 bits per heavy atom. The van der Waals surface area contributed by atoms with Gasteiger partial charge in [-0.3, -0.25) is 0 Å². The van der Waals surface area contributed by atoms with Gasteiger partial charge in [-0.1, -0.05) is 15.9 Å². The zero-order valence-electron chi connectivity index (χ0n) is 11.0. The lowest BCUT2D eigenvalue weighted by Crippen LogP contribution is -2.06. The van der Waals surface area contributed by atoms with Crippen molar-refractivity contribution >= 4 is 44.3 Å². The predicted molar refractivity (Wildman–Crippen MR) is 89.6 cm³/mol. The zero-order valence-corrected chi connectivity index (χ0v) is 14.7. The van der Waals surface area contributed by atoms with Gasteiger partial charge in [0, 0.05) is 11.6 Å². The molecule has 0 aliphatic heterocycles. The predicted octanol–water partition coefficient (Wildman–Crippen LogP) is 3.25. The second kappa shape index (κ2) is 6.68. The van der Waals surface area contributed by atoms with Gasteiger partial charge >= 0.3 is 0 Å². The fraction of sp³-hybridized carbons (Fsp3) is 0.231. The molecule has 0 atom stereocenters. The molecule has 0 aliphatic rings. The van der Waals surface area contributed by atoms with Crippen molar-refractivity contribution in [3.8, 4) is 17.1 Å². The number of anilines is 1. The van der Waals surface area contributed by atoms with Gasteiger partial charge in [-0.05, 0) is 40.8 Å². The third-order valence-corrected chi connectivity index (χ3v) is 4.30. The van der Waals surface area contributed by atoms with Crippen LogP contribution in [0, 0.1) is 3.57 Å². The van der Waals surface area contributed by atoms with E-state index in [9.17, 15) is 0 Å². The first-order valence-electron chi connectivity index (χ1n) is 5.71. The van der Waals surface area contributed by atoms with Crippen molar-refractivity contribution in [1.82, 2.24) is 9.97 Å². The maximum Gasteiger partial charge on any atom is 0.165 e. The van der Waals surface area contributed by atoms with Crippen LogP contribution in [-0.2, 0) is 11.3 Å². The Bertz CT molecular complexity index is 637. The Balaban J connectivity index is 2.60. The van der Waals surface area contributed by atoms with Gasteiger partial charge in [0.05, 0.1) is 28.5 Å². The first-order valence-corrected chi connectivity index (χ1v) is 7.58. The highest BCUT2D eigenvalue weighted by molar-refractivity contribution is 14.1. The van der Waals surface area contributed by atoms with E-state index in [-0.39, 0.29) is 0 Å². The third-order valence-electron chi connectivity index (χ3n) is 2.63. The van der Waals surface area contributed by atoms with Gasteiger partial charge in [0.15, 0.2) is 5.82 Å². The molecular formula is C13H13BrIN3O2. The van der Waals surface area contributed by atoms with Crippen LogP contribution in [0.25, 0.3) is 11.4 Å². The summed E-state index contributed by atoms with van der Waals surface area (Å²) in [6.45, 7) is 0.383. The van der Waals surface area contributed by atoms with Crippen LogP contribution >= 0.6 is 38.5 Å². The molecule has 20 heavy (non-hydrogen) atoms. The second-order valence-electron chi connectivity index (χ2n) is 3.97. The van der Waals surface area contributed by atoms with Crippen LogP contribution in [0.3, 0.4) is 0 Å². The van der Waals surface area contributed by atoms with E-state index in [1.807, 2.05) is 18.2 Å². The summed E-state index contributed by atoms with van der Waals surface area (Å²) in [5.41, 5.74) is 7.49. The Hall–Kier alpha value is -0.930. The molecule has 1 aromatic heterocycles. The van der Waals surface area contributed by atoms with E-state index in [2.05, 4.69) is 48.5 Å². The number of aromatic nitrogens is 2. The van der Waals surface area contributed by atoms with Crippen LogP contribution in [0.1, 0.15) is 5.69 Å². The zero-order chi connectivity index (χ0) is 14.7. The smallest absolute Gasteiger partial charge is 0.165 e. The molecule has 0 aliphatic carbocycles. The normalized spacial score (nSPS) is 10.6. The minimum Gasteiger partial charge on any atom is -0.496 e. The number of nitrogens with zero attached hydrogens (tertiary/aromatic N) is 2. The maximum atomic E-state index is 5.95. The summed E-state index contributed by atoms with van der Waals surface area (Å²) in [7, 11) is 3.23. The van der Waals surface area contributed by atoms with Crippen LogP contribution in [0.2, 0.25) is 0 Å². The summed E-state index contributed by atoms with van der Waals surface area (Å²) >= 11 is 5.55. The summed E-state index contributed by atoms with van der Waals surface area (Å²) in [5, 5.41) is 0. The largest absolute Gasteiger partial charge is 0.496 e. The van der Waals surface area contributed by atoms with Gasteiger partial charge in [-0.2, -0.15) is 0 Å². The first-order chi connectivity index (χ1) is 9.56. The number of hydrogen-bond acceptors (Lipinski definition) is 5. The summed E-state index contributed by atoms with van der Waals surface area (Å²) in [6, 6.07) is 5.65. The highest BCUT2D eigenvalue weighted by atomic mass is 127. The van der Waals surface area contributed by atoms with E-state index in [4.69, 9.17) is 15.2 Å².